The first-order chi connectivity index (χ1) is 13.8. The number of carbonyl (C=O) groups excluding carboxylic acids is 1. The van der Waals surface area contributed by atoms with Crippen molar-refractivity contribution < 1.29 is 4.79 Å². The first-order valence-electron chi connectivity index (χ1n) is 9.79. The van der Waals surface area contributed by atoms with Crippen molar-refractivity contribution in [1.29, 1.82) is 0 Å². The summed E-state index contributed by atoms with van der Waals surface area (Å²) in [5.41, 5.74) is 4.60. The Morgan fingerprint density at radius 3 is 2.93 bits per heavy atom. The fraction of sp³-hybridized carbons (Fsp3) is 0.261. The van der Waals surface area contributed by atoms with Crippen LogP contribution in [0.25, 0.3) is 15.3 Å². The predicted molar refractivity (Wildman–Crippen MR) is 112 cm³/mol. The van der Waals surface area contributed by atoms with Crippen LogP contribution < -0.4 is 0 Å². The van der Waals surface area contributed by atoms with E-state index in [1.807, 2.05) is 30.5 Å². The van der Waals surface area contributed by atoms with E-state index in [1.54, 1.807) is 22.2 Å². The number of Topliss-reactive ketones (excluding diaryl/α,β-unsaturated/α-hetero) is 1. The summed E-state index contributed by atoms with van der Waals surface area (Å²) >= 11 is 1.58. The van der Waals surface area contributed by atoms with Gasteiger partial charge in [0.25, 0.3) is 0 Å². The standard InChI is InChI=1S/C23H21N3OS/c27-21(10-5-7-17-13-12-16-6-1-2-8-19(16)17)18-14-24-26(15-18)23-25-20-9-3-4-11-22(20)28-23/h1-4,6,8-9,11,14-15,17H,5,7,10,12-13H2/t17-/m1/s1. The highest BCUT2D eigenvalue weighted by atomic mass is 32.1. The van der Waals surface area contributed by atoms with Crippen LogP contribution >= 0.6 is 11.3 Å². The van der Waals surface area contributed by atoms with Gasteiger partial charge in [0.05, 0.1) is 22.0 Å². The van der Waals surface area contributed by atoms with Gasteiger partial charge in [-0.3, -0.25) is 4.79 Å². The molecule has 2 aromatic carbocycles. The molecule has 0 radical (unpaired) electrons. The zero-order valence-electron chi connectivity index (χ0n) is 15.5. The van der Waals surface area contributed by atoms with Gasteiger partial charge < -0.3 is 0 Å². The number of thiazole rings is 1. The molecule has 0 aliphatic heterocycles. The molecule has 0 unspecified atom stereocenters. The lowest BCUT2D eigenvalue weighted by Crippen LogP contribution is -2.00. The van der Waals surface area contributed by atoms with Crippen molar-refractivity contribution in [1.82, 2.24) is 14.8 Å². The Labute approximate surface area is 167 Å². The normalized spacial score (nSPS) is 15.8. The third-order valence-electron chi connectivity index (χ3n) is 5.60. The zero-order valence-corrected chi connectivity index (χ0v) is 16.4. The molecule has 140 valence electrons. The molecule has 5 heteroatoms. The highest BCUT2D eigenvalue weighted by molar-refractivity contribution is 7.20. The van der Waals surface area contributed by atoms with Crippen LogP contribution in [0.15, 0.2) is 60.9 Å². The van der Waals surface area contributed by atoms with Crippen molar-refractivity contribution in [2.24, 2.45) is 0 Å². The van der Waals surface area contributed by atoms with E-state index in [1.165, 1.54) is 24.0 Å². The Morgan fingerprint density at radius 2 is 2.00 bits per heavy atom. The van der Waals surface area contributed by atoms with Gasteiger partial charge in [0.2, 0.25) is 5.13 Å². The second-order valence-corrected chi connectivity index (χ2v) is 8.40. The molecule has 4 nitrogen and oxygen atoms in total. The van der Waals surface area contributed by atoms with Gasteiger partial charge in [0, 0.05) is 12.6 Å². The van der Waals surface area contributed by atoms with Crippen molar-refractivity contribution in [2.75, 3.05) is 0 Å². The largest absolute Gasteiger partial charge is 0.294 e. The molecule has 2 aromatic heterocycles. The number of aryl methyl sites for hydroxylation is 1. The third-order valence-corrected chi connectivity index (χ3v) is 6.62. The van der Waals surface area contributed by atoms with Crippen LogP contribution in [0.2, 0.25) is 0 Å². The van der Waals surface area contributed by atoms with Crippen LogP contribution in [-0.4, -0.2) is 20.5 Å². The number of hydrogen-bond acceptors (Lipinski definition) is 4. The summed E-state index contributed by atoms with van der Waals surface area (Å²) in [5.74, 6) is 0.771. The molecular formula is C23H21N3OS. The van der Waals surface area contributed by atoms with E-state index in [0.717, 1.165) is 28.2 Å². The highest BCUT2D eigenvalue weighted by Crippen LogP contribution is 2.36. The maximum atomic E-state index is 12.6. The number of fused-ring (bicyclic) bond motifs is 2. The summed E-state index contributed by atoms with van der Waals surface area (Å²) in [6.45, 7) is 0. The topological polar surface area (TPSA) is 47.8 Å². The average Bonchev–Trinajstić information content (AvgIpc) is 3.45. The van der Waals surface area contributed by atoms with E-state index >= 15 is 0 Å². The van der Waals surface area contributed by atoms with Gasteiger partial charge in [-0.25, -0.2) is 9.67 Å². The van der Waals surface area contributed by atoms with Crippen LogP contribution in [-0.2, 0) is 6.42 Å². The number of hydrogen-bond donors (Lipinski definition) is 0. The number of carbonyl (C=O) groups is 1. The maximum Gasteiger partial charge on any atom is 0.211 e. The van der Waals surface area contributed by atoms with E-state index < -0.39 is 0 Å². The van der Waals surface area contributed by atoms with Crippen molar-refractivity contribution in [2.45, 2.75) is 38.0 Å². The van der Waals surface area contributed by atoms with Crippen LogP contribution in [0.4, 0.5) is 0 Å². The van der Waals surface area contributed by atoms with Gasteiger partial charge in [-0.2, -0.15) is 5.10 Å². The van der Waals surface area contributed by atoms with Crippen molar-refractivity contribution >= 4 is 27.3 Å². The monoisotopic (exact) mass is 387 g/mol. The molecule has 0 saturated heterocycles. The fourth-order valence-corrected chi connectivity index (χ4v) is 5.03. The molecule has 0 N–H and O–H groups in total. The molecule has 5 rings (SSSR count). The third kappa shape index (κ3) is 3.27. The Kier molecular flexibility index (Phi) is 4.53. The molecule has 2 heterocycles. The van der Waals surface area contributed by atoms with E-state index in [2.05, 4.69) is 34.3 Å². The molecule has 1 aliphatic carbocycles. The van der Waals surface area contributed by atoms with E-state index in [9.17, 15) is 4.79 Å². The Morgan fingerprint density at radius 1 is 1.14 bits per heavy atom. The number of ketones is 1. The molecule has 0 spiro atoms. The number of nitrogens with zero attached hydrogens (tertiary/aromatic N) is 3. The quantitative estimate of drug-likeness (QED) is 0.407. The molecule has 1 atom stereocenters. The fourth-order valence-electron chi connectivity index (χ4n) is 4.13. The van der Waals surface area contributed by atoms with E-state index in [-0.39, 0.29) is 5.78 Å². The lowest BCUT2D eigenvalue weighted by molar-refractivity contribution is 0.0978. The van der Waals surface area contributed by atoms with Crippen LogP contribution in [0.3, 0.4) is 0 Å². The summed E-state index contributed by atoms with van der Waals surface area (Å²) in [5, 5.41) is 5.16. The molecule has 0 amide bonds. The Hall–Kier alpha value is -2.79. The minimum absolute atomic E-state index is 0.165. The first-order valence-corrected chi connectivity index (χ1v) is 10.6. The molecule has 0 fully saturated rings. The van der Waals surface area contributed by atoms with Crippen molar-refractivity contribution in [3.05, 3.63) is 77.6 Å². The lowest BCUT2D eigenvalue weighted by Gasteiger charge is -2.10. The van der Waals surface area contributed by atoms with Gasteiger partial charge in [0.15, 0.2) is 5.78 Å². The SMILES string of the molecule is O=C(CCC[C@@H]1CCc2ccccc21)c1cnn(-c2nc3ccccc3s2)c1. The van der Waals surface area contributed by atoms with Crippen LogP contribution in [0.5, 0.6) is 0 Å². The molecule has 0 bridgehead atoms. The second-order valence-electron chi connectivity index (χ2n) is 7.39. The molecular weight excluding hydrogens is 366 g/mol. The smallest absolute Gasteiger partial charge is 0.211 e. The predicted octanol–water partition coefficient (Wildman–Crippen LogP) is 5.57. The van der Waals surface area contributed by atoms with Crippen LogP contribution in [0, 0.1) is 0 Å². The first kappa shape index (κ1) is 17.3. The summed E-state index contributed by atoms with van der Waals surface area (Å²) in [6.07, 6.45) is 8.43. The van der Waals surface area contributed by atoms with E-state index in [0.29, 0.717) is 17.9 Å². The minimum Gasteiger partial charge on any atom is -0.294 e. The number of rotatable bonds is 6. The van der Waals surface area contributed by atoms with Crippen molar-refractivity contribution in [3.63, 3.8) is 0 Å². The van der Waals surface area contributed by atoms with Gasteiger partial charge in [-0.05, 0) is 54.9 Å². The molecule has 28 heavy (non-hydrogen) atoms. The Balaban J connectivity index is 1.22. The average molecular weight is 388 g/mol. The summed E-state index contributed by atoms with van der Waals surface area (Å²) in [7, 11) is 0. The minimum atomic E-state index is 0.165. The number of benzene rings is 2. The molecule has 0 saturated carbocycles. The number of para-hydroxylation sites is 1. The molecule has 1 aliphatic rings. The highest BCUT2D eigenvalue weighted by Gasteiger charge is 2.22. The lowest BCUT2D eigenvalue weighted by atomic mass is 9.94. The Bertz CT molecular complexity index is 1110. The maximum absolute atomic E-state index is 12.6. The summed E-state index contributed by atoms with van der Waals surface area (Å²) < 4.78 is 2.84. The van der Waals surface area contributed by atoms with Gasteiger partial charge >= 0.3 is 0 Å². The number of aromatic nitrogens is 3. The second kappa shape index (κ2) is 7.32. The van der Waals surface area contributed by atoms with Crippen molar-refractivity contribution in [3.8, 4) is 5.13 Å². The summed E-state index contributed by atoms with van der Waals surface area (Å²) in [6, 6.07) is 16.7. The summed E-state index contributed by atoms with van der Waals surface area (Å²) in [4.78, 5) is 17.2. The van der Waals surface area contributed by atoms with Gasteiger partial charge in [0.1, 0.15) is 0 Å². The molecule has 4 aromatic rings. The van der Waals surface area contributed by atoms with Gasteiger partial charge in [-0.15, -0.1) is 0 Å². The van der Waals surface area contributed by atoms with Crippen LogP contribution in [0.1, 0.15) is 53.1 Å². The van der Waals surface area contributed by atoms with Gasteiger partial charge in [-0.1, -0.05) is 47.7 Å². The van der Waals surface area contributed by atoms with E-state index in [4.69, 9.17) is 0 Å². The zero-order chi connectivity index (χ0) is 18.9.